The minimum Gasteiger partial charge on any atom is -0.493 e. The second-order valence-electron chi connectivity index (χ2n) is 9.46. The van der Waals surface area contributed by atoms with Crippen molar-refractivity contribution in [1.82, 2.24) is 31.0 Å². The van der Waals surface area contributed by atoms with Crippen molar-refractivity contribution in [1.29, 1.82) is 0 Å². The maximum absolute atomic E-state index is 13.6. The molecule has 0 aliphatic carbocycles. The van der Waals surface area contributed by atoms with E-state index in [2.05, 4.69) is 38.2 Å². The van der Waals surface area contributed by atoms with Crippen molar-refractivity contribution in [3.05, 3.63) is 53.9 Å². The molecule has 1 aromatic heterocycles. The highest BCUT2D eigenvalue weighted by atomic mass is 16.5. The fraction of sp³-hybridized carbons (Fsp3) is 0.481. The summed E-state index contributed by atoms with van der Waals surface area (Å²) >= 11 is 0. The Kier molecular flexibility index (Phi) is 9.34. The molecule has 10 nitrogen and oxygen atoms in total. The zero-order valence-electron chi connectivity index (χ0n) is 22.0. The Morgan fingerprint density at radius 1 is 1.11 bits per heavy atom. The van der Waals surface area contributed by atoms with Gasteiger partial charge in [0.25, 0.3) is 5.91 Å². The van der Waals surface area contributed by atoms with Crippen LogP contribution in [0.3, 0.4) is 0 Å². The molecular weight excluding hydrogens is 472 g/mol. The summed E-state index contributed by atoms with van der Waals surface area (Å²) in [7, 11) is 3.25. The number of carbonyl (C=O) groups excluding carboxylic acids is 1. The molecule has 2 aromatic carbocycles. The number of methoxy groups -OCH3 is 2. The molecule has 37 heavy (non-hydrogen) atoms. The van der Waals surface area contributed by atoms with E-state index in [1.54, 1.807) is 43.8 Å². The van der Waals surface area contributed by atoms with Gasteiger partial charge >= 0.3 is 0 Å². The molecule has 1 amide bonds. The lowest BCUT2D eigenvalue weighted by Crippen LogP contribution is -2.57. The molecule has 0 radical (unpaired) electrons. The number of carbonyl (C=O) groups is 1. The van der Waals surface area contributed by atoms with E-state index >= 15 is 0 Å². The van der Waals surface area contributed by atoms with Gasteiger partial charge in [0.1, 0.15) is 0 Å². The first-order valence-electron chi connectivity index (χ1n) is 12.8. The quantitative estimate of drug-likeness (QED) is 0.205. The number of rotatable bonds is 13. The summed E-state index contributed by atoms with van der Waals surface area (Å²) in [4.78, 5) is 21.0. The molecule has 10 heteroatoms. The van der Waals surface area contributed by atoms with Gasteiger partial charge < -0.3 is 29.8 Å². The molecule has 1 aliphatic heterocycles. The average molecular weight is 511 g/mol. The number of amides is 1. The molecule has 4 N–H and O–H groups in total. The fourth-order valence-corrected chi connectivity index (χ4v) is 4.44. The van der Waals surface area contributed by atoms with Crippen LogP contribution in [0, 0.1) is 0 Å². The zero-order valence-corrected chi connectivity index (χ0v) is 22.0. The van der Waals surface area contributed by atoms with Crippen molar-refractivity contribution in [2.24, 2.45) is 0 Å². The highest BCUT2D eigenvalue weighted by Crippen LogP contribution is 2.29. The second-order valence-corrected chi connectivity index (χ2v) is 9.46. The number of aromatic amines is 1. The minimum atomic E-state index is -0.116. The van der Waals surface area contributed by atoms with Gasteiger partial charge in [0.05, 0.1) is 37.1 Å². The van der Waals surface area contributed by atoms with Gasteiger partial charge in [-0.15, -0.1) is 0 Å². The van der Waals surface area contributed by atoms with Gasteiger partial charge in [-0.3, -0.25) is 9.80 Å². The highest BCUT2D eigenvalue weighted by molar-refractivity contribution is 5.94. The van der Waals surface area contributed by atoms with E-state index in [1.165, 1.54) is 5.56 Å². The van der Waals surface area contributed by atoms with Gasteiger partial charge in [-0.1, -0.05) is 6.07 Å². The normalized spacial score (nSPS) is 17.4. The fourth-order valence-electron chi connectivity index (χ4n) is 4.44. The molecule has 1 aliphatic rings. The van der Waals surface area contributed by atoms with Crippen LogP contribution in [0.15, 0.2) is 42.7 Å². The summed E-state index contributed by atoms with van der Waals surface area (Å²) in [6.45, 7) is 7.37. The van der Waals surface area contributed by atoms with Crippen LogP contribution in [0.25, 0.3) is 11.0 Å². The van der Waals surface area contributed by atoms with E-state index in [1.807, 2.05) is 19.9 Å². The van der Waals surface area contributed by atoms with E-state index in [-0.39, 0.29) is 24.0 Å². The predicted molar refractivity (Wildman–Crippen MR) is 143 cm³/mol. The number of H-pyrrole nitrogens is 1. The summed E-state index contributed by atoms with van der Waals surface area (Å²) in [5, 5.41) is 8.79. The molecule has 2 heterocycles. The standard InChI is InChI=1S/C27H38N6O4/c1-18(2)33(27(34)20-7-9-25(36-4)26(13-20)37-11-5-10-35-3)32-24-16-28-15-23(24)29-14-19-6-8-21-22(12-19)31-17-30-21/h6-9,12-13,17-18,23-24,28-29,32H,5,10-11,14-16H2,1-4H3,(H,30,31)/t23-,24-/m1/s1. The van der Waals surface area contributed by atoms with Gasteiger partial charge in [0, 0.05) is 57.4 Å². The molecule has 0 spiro atoms. The van der Waals surface area contributed by atoms with Crippen molar-refractivity contribution in [3.8, 4) is 11.5 Å². The molecule has 0 unspecified atom stereocenters. The van der Waals surface area contributed by atoms with Crippen LogP contribution < -0.4 is 25.5 Å². The summed E-state index contributed by atoms with van der Waals surface area (Å²) in [5.74, 6) is 1.02. The molecule has 0 saturated carbocycles. The SMILES string of the molecule is COCCCOc1cc(C(=O)N(N[C@@H]2CNC[C@H]2NCc2ccc3nc[nH]c3c2)C(C)C)ccc1OC. The molecule has 2 atom stereocenters. The Hall–Kier alpha value is -3.18. The van der Waals surface area contributed by atoms with E-state index in [4.69, 9.17) is 14.2 Å². The molecular formula is C27H38N6O4. The Bertz CT molecular complexity index is 1170. The first-order valence-corrected chi connectivity index (χ1v) is 12.8. The summed E-state index contributed by atoms with van der Waals surface area (Å²) in [6, 6.07) is 11.7. The van der Waals surface area contributed by atoms with Gasteiger partial charge in [0.2, 0.25) is 0 Å². The lowest BCUT2D eigenvalue weighted by Gasteiger charge is -2.33. The zero-order chi connectivity index (χ0) is 26.2. The smallest absolute Gasteiger partial charge is 0.268 e. The number of aromatic nitrogens is 2. The van der Waals surface area contributed by atoms with E-state index in [9.17, 15) is 4.79 Å². The third-order valence-electron chi connectivity index (χ3n) is 6.47. The van der Waals surface area contributed by atoms with Crippen molar-refractivity contribution >= 4 is 16.9 Å². The predicted octanol–water partition coefficient (Wildman–Crippen LogP) is 2.47. The van der Waals surface area contributed by atoms with E-state index in [0.29, 0.717) is 30.3 Å². The van der Waals surface area contributed by atoms with Crippen LogP contribution in [0.2, 0.25) is 0 Å². The van der Waals surface area contributed by atoms with Crippen molar-refractivity contribution in [2.45, 2.75) is 44.9 Å². The topological polar surface area (TPSA) is 113 Å². The van der Waals surface area contributed by atoms with Crippen LogP contribution in [0.4, 0.5) is 0 Å². The molecule has 3 aromatic rings. The van der Waals surface area contributed by atoms with Gasteiger partial charge in [-0.05, 0) is 49.7 Å². The number of hydrazine groups is 1. The number of nitrogens with zero attached hydrogens (tertiary/aromatic N) is 2. The number of ether oxygens (including phenoxy) is 3. The van der Waals surface area contributed by atoms with Crippen LogP contribution in [-0.2, 0) is 11.3 Å². The van der Waals surface area contributed by atoms with Crippen LogP contribution in [0.1, 0.15) is 36.2 Å². The van der Waals surface area contributed by atoms with E-state index < -0.39 is 0 Å². The number of nitrogens with one attached hydrogen (secondary N) is 4. The molecule has 0 bridgehead atoms. The number of hydrogen-bond acceptors (Lipinski definition) is 8. The Balaban J connectivity index is 1.41. The molecule has 1 saturated heterocycles. The van der Waals surface area contributed by atoms with Crippen molar-refractivity contribution < 1.29 is 19.0 Å². The molecule has 200 valence electrons. The first-order chi connectivity index (χ1) is 18.0. The van der Waals surface area contributed by atoms with Gasteiger partial charge in [-0.25, -0.2) is 10.4 Å². The van der Waals surface area contributed by atoms with Crippen molar-refractivity contribution in [2.75, 3.05) is 40.5 Å². The maximum Gasteiger partial charge on any atom is 0.268 e. The number of fused-ring (bicyclic) bond motifs is 1. The number of benzene rings is 2. The van der Waals surface area contributed by atoms with Crippen LogP contribution in [-0.4, -0.2) is 79.5 Å². The maximum atomic E-state index is 13.6. The Morgan fingerprint density at radius 3 is 2.73 bits per heavy atom. The molecule has 4 rings (SSSR count). The second kappa shape index (κ2) is 12.9. The third kappa shape index (κ3) is 6.78. The average Bonchev–Trinajstić information content (AvgIpc) is 3.56. The van der Waals surface area contributed by atoms with Crippen LogP contribution in [0.5, 0.6) is 11.5 Å². The first kappa shape index (κ1) is 26.9. The Labute approximate surface area is 218 Å². The number of imidazole rings is 1. The van der Waals surface area contributed by atoms with Gasteiger partial charge in [-0.2, -0.15) is 0 Å². The highest BCUT2D eigenvalue weighted by Gasteiger charge is 2.31. The Morgan fingerprint density at radius 2 is 1.95 bits per heavy atom. The van der Waals surface area contributed by atoms with Gasteiger partial charge in [0.15, 0.2) is 11.5 Å². The third-order valence-corrected chi connectivity index (χ3v) is 6.47. The summed E-state index contributed by atoms with van der Waals surface area (Å²) in [5.41, 5.74) is 7.18. The van der Waals surface area contributed by atoms with E-state index in [0.717, 1.165) is 37.1 Å². The van der Waals surface area contributed by atoms with Crippen LogP contribution >= 0.6 is 0 Å². The minimum absolute atomic E-state index is 0.0465. The monoisotopic (exact) mass is 510 g/mol. The lowest BCUT2D eigenvalue weighted by molar-refractivity contribution is 0.0527. The largest absolute Gasteiger partial charge is 0.493 e. The summed E-state index contributed by atoms with van der Waals surface area (Å²) < 4.78 is 16.4. The van der Waals surface area contributed by atoms with Crippen molar-refractivity contribution in [3.63, 3.8) is 0 Å². The number of hydrogen-bond donors (Lipinski definition) is 4. The summed E-state index contributed by atoms with van der Waals surface area (Å²) in [6.07, 6.45) is 2.45. The molecule has 1 fully saturated rings. The lowest BCUT2D eigenvalue weighted by atomic mass is 10.1.